The van der Waals surface area contributed by atoms with Crippen molar-refractivity contribution in [3.63, 3.8) is 0 Å². The van der Waals surface area contributed by atoms with Gasteiger partial charge in [-0.1, -0.05) is 6.08 Å². The SMILES string of the molecule is C=CCCC(N)CC1CCOC1. The van der Waals surface area contributed by atoms with E-state index in [1.807, 2.05) is 6.08 Å². The van der Waals surface area contributed by atoms with E-state index in [-0.39, 0.29) is 0 Å². The lowest BCUT2D eigenvalue weighted by molar-refractivity contribution is 0.182. The van der Waals surface area contributed by atoms with E-state index in [0.717, 1.165) is 32.5 Å². The maximum absolute atomic E-state index is 5.94. The van der Waals surface area contributed by atoms with Crippen LogP contribution in [0.5, 0.6) is 0 Å². The Balaban J connectivity index is 2.07. The van der Waals surface area contributed by atoms with Crippen molar-refractivity contribution < 1.29 is 4.74 Å². The first-order valence-electron chi connectivity index (χ1n) is 4.77. The van der Waals surface area contributed by atoms with E-state index in [4.69, 9.17) is 10.5 Å². The van der Waals surface area contributed by atoms with E-state index < -0.39 is 0 Å². The molecular formula is C10H19NO. The van der Waals surface area contributed by atoms with Gasteiger partial charge >= 0.3 is 0 Å². The Hall–Kier alpha value is -0.340. The van der Waals surface area contributed by atoms with Gasteiger partial charge in [-0.2, -0.15) is 0 Å². The molecule has 0 aromatic rings. The van der Waals surface area contributed by atoms with Crippen LogP contribution in [0, 0.1) is 5.92 Å². The minimum absolute atomic E-state index is 0.342. The van der Waals surface area contributed by atoms with E-state index in [0.29, 0.717) is 12.0 Å². The van der Waals surface area contributed by atoms with E-state index in [2.05, 4.69) is 6.58 Å². The van der Waals surface area contributed by atoms with Crippen molar-refractivity contribution >= 4 is 0 Å². The molecule has 1 aliphatic heterocycles. The van der Waals surface area contributed by atoms with E-state index >= 15 is 0 Å². The Kier molecular flexibility index (Phi) is 4.33. The van der Waals surface area contributed by atoms with E-state index in [9.17, 15) is 0 Å². The minimum Gasteiger partial charge on any atom is -0.381 e. The number of rotatable bonds is 5. The molecule has 0 aromatic heterocycles. The van der Waals surface area contributed by atoms with Crippen LogP contribution in [0.2, 0.25) is 0 Å². The summed E-state index contributed by atoms with van der Waals surface area (Å²) >= 11 is 0. The molecule has 1 heterocycles. The zero-order valence-corrected chi connectivity index (χ0v) is 7.67. The molecule has 0 saturated carbocycles. The molecule has 1 rings (SSSR count). The number of hydrogen-bond donors (Lipinski definition) is 1. The first kappa shape index (κ1) is 9.75. The Morgan fingerprint density at radius 1 is 1.67 bits per heavy atom. The predicted molar refractivity (Wildman–Crippen MR) is 50.9 cm³/mol. The molecule has 12 heavy (non-hydrogen) atoms. The molecule has 1 aliphatic rings. The molecule has 1 fully saturated rings. The van der Waals surface area contributed by atoms with Crippen LogP contribution in [0.4, 0.5) is 0 Å². The highest BCUT2D eigenvalue weighted by atomic mass is 16.5. The van der Waals surface area contributed by atoms with Crippen molar-refractivity contribution in [3.8, 4) is 0 Å². The van der Waals surface area contributed by atoms with Crippen LogP contribution in [-0.4, -0.2) is 19.3 Å². The molecule has 0 bridgehead atoms. The molecule has 0 aromatic carbocycles. The largest absolute Gasteiger partial charge is 0.381 e. The number of ether oxygens (including phenoxy) is 1. The summed E-state index contributed by atoms with van der Waals surface area (Å²) in [4.78, 5) is 0. The molecule has 0 amide bonds. The van der Waals surface area contributed by atoms with Gasteiger partial charge in [0, 0.05) is 19.3 Å². The average molecular weight is 169 g/mol. The third kappa shape index (κ3) is 3.37. The normalized spacial score (nSPS) is 25.6. The van der Waals surface area contributed by atoms with Crippen molar-refractivity contribution in [1.29, 1.82) is 0 Å². The number of nitrogens with two attached hydrogens (primary N) is 1. The highest BCUT2D eigenvalue weighted by Crippen LogP contribution is 2.18. The first-order valence-corrected chi connectivity index (χ1v) is 4.77. The van der Waals surface area contributed by atoms with Crippen LogP contribution in [0.3, 0.4) is 0 Å². The summed E-state index contributed by atoms with van der Waals surface area (Å²) in [6, 6.07) is 0.342. The van der Waals surface area contributed by atoms with E-state index in [1.54, 1.807) is 0 Å². The van der Waals surface area contributed by atoms with Gasteiger partial charge in [0.05, 0.1) is 0 Å². The third-order valence-electron chi connectivity index (χ3n) is 2.40. The van der Waals surface area contributed by atoms with E-state index in [1.165, 1.54) is 6.42 Å². The zero-order valence-electron chi connectivity index (χ0n) is 7.67. The molecule has 70 valence electrons. The lowest BCUT2D eigenvalue weighted by Gasteiger charge is -2.13. The molecule has 2 atom stereocenters. The highest BCUT2D eigenvalue weighted by Gasteiger charge is 2.17. The van der Waals surface area contributed by atoms with Gasteiger partial charge in [-0.3, -0.25) is 0 Å². The van der Waals surface area contributed by atoms with Crippen molar-refractivity contribution in [3.05, 3.63) is 12.7 Å². The molecule has 2 unspecified atom stereocenters. The summed E-state index contributed by atoms with van der Waals surface area (Å²) in [7, 11) is 0. The summed E-state index contributed by atoms with van der Waals surface area (Å²) < 4.78 is 5.29. The Morgan fingerprint density at radius 2 is 2.50 bits per heavy atom. The van der Waals surface area contributed by atoms with Gasteiger partial charge in [-0.25, -0.2) is 0 Å². The van der Waals surface area contributed by atoms with Crippen molar-refractivity contribution in [2.45, 2.75) is 31.7 Å². The molecule has 2 nitrogen and oxygen atoms in total. The molecule has 2 heteroatoms. The summed E-state index contributed by atoms with van der Waals surface area (Å²) in [5, 5.41) is 0. The molecule has 0 aliphatic carbocycles. The predicted octanol–water partition coefficient (Wildman–Crippen LogP) is 1.71. The second-order valence-electron chi connectivity index (χ2n) is 3.59. The lowest BCUT2D eigenvalue weighted by Crippen LogP contribution is -2.23. The fourth-order valence-corrected chi connectivity index (χ4v) is 1.65. The average Bonchev–Trinajstić information content (AvgIpc) is 2.53. The third-order valence-corrected chi connectivity index (χ3v) is 2.40. The van der Waals surface area contributed by atoms with Crippen molar-refractivity contribution in [2.24, 2.45) is 11.7 Å². The smallest absolute Gasteiger partial charge is 0.0495 e. The van der Waals surface area contributed by atoms with Crippen LogP contribution >= 0.6 is 0 Å². The second-order valence-corrected chi connectivity index (χ2v) is 3.59. The number of allylic oxidation sites excluding steroid dienone is 1. The summed E-state index contributed by atoms with van der Waals surface area (Å²) in [5.74, 6) is 0.713. The molecule has 2 N–H and O–H groups in total. The quantitative estimate of drug-likeness (QED) is 0.636. The van der Waals surface area contributed by atoms with Gasteiger partial charge in [-0.05, 0) is 31.6 Å². The molecule has 0 radical (unpaired) electrons. The monoisotopic (exact) mass is 169 g/mol. The Labute approximate surface area is 74.8 Å². The van der Waals surface area contributed by atoms with Crippen LogP contribution in [-0.2, 0) is 4.74 Å². The maximum atomic E-state index is 5.94. The fraction of sp³-hybridized carbons (Fsp3) is 0.800. The topological polar surface area (TPSA) is 35.2 Å². The van der Waals surface area contributed by atoms with Crippen LogP contribution in [0.25, 0.3) is 0 Å². The summed E-state index contributed by atoms with van der Waals surface area (Å²) in [6.07, 6.45) is 6.36. The zero-order chi connectivity index (χ0) is 8.81. The van der Waals surface area contributed by atoms with Crippen LogP contribution < -0.4 is 5.73 Å². The molecular weight excluding hydrogens is 150 g/mol. The van der Waals surface area contributed by atoms with Crippen molar-refractivity contribution in [2.75, 3.05) is 13.2 Å². The minimum atomic E-state index is 0.342. The lowest BCUT2D eigenvalue weighted by atomic mass is 9.97. The maximum Gasteiger partial charge on any atom is 0.0495 e. The fourth-order valence-electron chi connectivity index (χ4n) is 1.65. The first-order chi connectivity index (χ1) is 5.83. The van der Waals surface area contributed by atoms with Gasteiger partial charge < -0.3 is 10.5 Å². The highest BCUT2D eigenvalue weighted by molar-refractivity contribution is 4.75. The van der Waals surface area contributed by atoms with Crippen LogP contribution in [0.15, 0.2) is 12.7 Å². The van der Waals surface area contributed by atoms with Gasteiger partial charge in [-0.15, -0.1) is 6.58 Å². The second kappa shape index (κ2) is 5.33. The Bertz CT molecular complexity index is 130. The summed E-state index contributed by atoms with van der Waals surface area (Å²) in [5.41, 5.74) is 5.94. The van der Waals surface area contributed by atoms with Crippen LogP contribution in [0.1, 0.15) is 25.7 Å². The molecule has 0 spiro atoms. The molecule has 1 saturated heterocycles. The summed E-state index contributed by atoms with van der Waals surface area (Å²) in [6.45, 7) is 5.53. The van der Waals surface area contributed by atoms with Crippen molar-refractivity contribution in [1.82, 2.24) is 0 Å². The standard InChI is InChI=1S/C10H19NO/c1-2-3-4-10(11)7-9-5-6-12-8-9/h2,9-10H,1,3-8,11H2. The van der Waals surface area contributed by atoms with Gasteiger partial charge in [0.1, 0.15) is 0 Å². The number of hydrogen-bond acceptors (Lipinski definition) is 2. The van der Waals surface area contributed by atoms with Gasteiger partial charge in [0.15, 0.2) is 0 Å². The van der Waals surface area contributed by atoms with Gasteiger partial charge in [0.2, 0.25) is 0 Å². The van der Waals surface area contributed by atoms with Gasteiger partial charge in [0.25, 0.3) is 0 Å². The Morgan fingerprint density at radius 3 is 3.08 bits per heavy atom.